The van der Waals surface area contributed by atoms with Gasteiger partial charge >= 0.3 is 0 Å². The molecular weight excluding hydrogens is 378 g/mol. The van der Waals surface area contributed by atoms with E-state index in [-0.39, 0.29) is 29.6 Å². The molecule has 0 fully saturated rings. The van der Waals surface area contributed by atoms with Crippen molar-refractivity contribution in [1.29, 1.82) is 0 Å². The molecule has 0 saturated heterocycles. The van der Waals surface area contributed by atoms with E-state index in [1.54, 1.807) is 23.9 Å². The summed E-state index contributed by atoms with van der Waals surface area (Å²) in [6.45, 7) is -0.0965. The second kappa shape index (κ2) is 11.8. The molecular formula is C21H25NO3S2. The van der Waals surface area contributed by atoms with Crippen LogP contribution in [-0.2, 0) is 11.2 Å². The number of carbonyl (C=O) groups excluding carboxylic acids is 2. The van der Waals surface area contributed by atoms with E-state index in [9.17, 15) is 14.7 Å². The van der Waals surface area contributed by atoms with Crippen LogP contribution < -0.4 is 5.32 Å². The van der Waals surface area contributed by atoms with Crippen LogP contribution in [0, 0.1) is 5.92 Å². The summed E-state index contributed by atoms with van der Waals surface area (Å²) < 4.78 is 0. The number of thioether (sulfide) groups is 2. The first-order chi connectivity index (χ1) is 13.1. The van der Waals surface area contributed by atoms with E-state index >= 15 is 0 Å². The van der Waals surface area contributed by atoms with E-state index in [1.807, 2.05) is 54.8 Å². The average molecular weight is 404 g/mol. The Balaban J connectivity index is 2.04. The number of carbonyl (C=O) groups is 2. The standard InChI is InChI=1S/C21H25NO3S2/c1-26-15-19(13-23)22-20(24)18(12-16-8-4-2-5-9-16)14-27-21(25)17-10-6-3-7-11-17/h2-11,18-19,23H,12-15H2,1H3,(H,22,24)/t18-,19-/m1/s1. The molecule has 2 rings (SSSR count). The van der Waals surface area contributed by atoms with Crippen molar-refractivity contribution >= 4 is 34.5 Å². The molecule has 2 aromatic rings. The highest BCUT2D eigenvalue weighted by Gasteiger charge is 2.23. The summed E-state index contributed by atoms with van der Waals surface area (Å²) in [5, 5.41) is 12.3. The Kier molecular flexibility index (Phi) is 9.45. The molecule has 0 bridgehead atoms. The van der Waals surface area contributed by atoms with Crippen LogP contribution in [0.15, 0.2) is 60.7 Å². The van der Waals surface area contributed by atoms with Crippen LogP contribution in [0.25, 0.3) is 0 Å². The fourth-order valence-corrected chi connectivity index (χ4v) is 4.14. The summed E-state index contributed by atoms with van der Waals surface area (Å²) in [6.07, 6.45) is 2.49. The first-order valence-corrected chi connectivity index (χ1v) is 11.2. The Morgan fingerprint density at radius 1 is 1.00 bits per heavy atom. The van der Waals surface area contributed by atoms with Crippen molar-refractivity contribution in [2.24, 2.45) is 5.92 Å². The van der Waals surface area contributed by atoms with Crippen molar-refractivity contribution in [3.63, 3.8) is 0 Å². The van der Waals surface area contributed by atoms with Crippen LogP contribution in [0.4, 0.5) is 0 Å². The van der Waals surface area contributed by atoms with Gasteiger partial charge in [0.05, 0.1) is 18.6 Å². The zero-order chi connectivity index (χ0) is 19.5. The molecule has 2 N–H and O–H groups in total. The van der Waals surface area contributed by atoms with E-state index in [4.69, 9.17) is 0 Å². The van der Waals surface area contributed by atoms with Crippen molar-refractivity contribution in [2.45, 2.75) is 12.5 Å². The van der Waals surface area contributed by atoms with Crippen LogP contribution in [-0.4, -0.2) is 46.5 Å². The van der Waals surface area contributed by atoms with Crippen molar-refractivity contribution in [3.05, 3.63) is 71.8 Å². The molecule has 6 heteroatoms. The molecule has 0 radical (unpaired) electrons. The molecule has 0 spiro atoms. The van der Waals surface area contributed by atoms with Crippen LogP contribution >= 0.6 is 23.5 Å². The number of benzene rings is 2. The topological polar surface area (TPSA) is 66.4 Å². The fraction of sp³-hybridized carbons (Fsp3) is 0.333. The number of aliphatic hydroxyl groups is 1. The lowest BCUT2D eigenvalue weighted by Gasteiger charge is -2.21. The van der Waals surface area contributed by atoms with E-state index in [1.165, 1.54) is 11.8 Å². The van der Waals surface area contributed by atoms with Gasteiger partial charge in [-0.15, -0.1) is 0 Å². The van der Waals surface area contributed by atoms with Crippen molar-refractivity contribution in [2.75, 3.05) is 24.4 Å². The number of hydrogen-bond acceptors (Lipinski definition) is 5. The van der Waals surface area contributed by atoms with E-state index < -0.39 is 0 Å². The normalized spacial score (nSPS) is 13.0. The highest BCUT2D eigenvalue weighted by atomic mass is 32.2. The largest absolute Gasteiger partial charge is 0.394 e. The van der Waals surface area contributed by atoms with Gasteiger partial charge in [-0.2, -0.15) is 11.8 Å². The molecule has 4 nitrogen and oxygen atoms in total. The Morgan fingerprint density at radius 2 is 1.63 bits per heavy atom. The van der Waals surface area contributed by atoms with Gasteiger partial charge in [-0.05, 0) is 18.2 Å². The summed E-state index contributed by atoms with van der Waals surface area (Å²) in [4.78, 5) is 25.2. The lowest BCUT2D eigenvalue weighted by molar-refractivity contribution is -0.125. The number of amides is 1. The van der Waals surface area contributed by atoms with Crippen LogP contribution in [0.1, 0.15) is 15.9 Å². The predicted molar refractivity (Wildman–Crippen MR) is 114 cm³/mol. The molecule has 0 aliphatic heterocycles. The molecule has 0 aliphatic rings. The maximum atomic E-state index is 12.8. The Bertz CT molecular complexity index is 710. The lowest BCUT2D eigenvalue weighted by atomic mass is 10.00. The molecule has 0 saturated carbocycles. The third-order valence-corrected chi connectivity index (χ3v) is 5.86. The second-order valence-corrected chi connectivity index (χ2v) is 8.10. The van der Waals surface area contributed by atoms with E-state index in [0.29, 0.717) is 23.5 Å². The minimum Gasteiger partial charge on any atom is -0.394 e. The molecule has 0 aliphatic carbocycles. The number of rotatable bonds is 10. The van der Waals surface area contributed by atoms with Gasteiger partial charge in [0.2, 0.25) is 11.0 Å². The Morgan fingerprint density at radius 3 is 2.22 bits per heavy atom. The van der Waals surface area contributed by atoms with Gasteiger partial charge in [0, 0.05) is 17.1 Å². The monoisotopic (exact) mass is 403 g/mol. The smallest absolute Gasteiger partial charge is 0.224 e. The minimum absolute atomic E-state index is 0.0377. The van der Waals surface area contributed by atoms with Gasteiger partial charge in [0.1, 0.15) is 0 Å². The maximum Gasteiger partial charge on any atom is 0.224 e. The van der Waals surface area contributed by atoms with Crippen LogP contribution in [0.5, 0.6) is 0 Å². The van der Waals surface area contributed by atoms with Gasteiger partial charge in [-0.25, -0.2) is 0 Å². The third-order valence-electron chi connectivity index (χ3n) is 4.06. The average Bonchev–Trinajstić information content (AvgIpc) is 2.71. The quantitative estimate of drug-likeness (QED) is 0.637. The highest BCUT2D eigenvalue weighted by Crippen LogP contribution is 2.19. The van der Waals surface area contributed by atoms with Crippen LogP contribution in [0.2, 0.25) is 0 Å². The van der Waals surface area contributed by atoms with Gasteiger partial charge in [0.25, 0.3) is 0 Å². The fourth-order valence-electron chi connectivity index (χ4n) is 2.62. The Labute approximate surface area is 169 Å². The zero-order valence-corrected chi connectivity index (χ0v) is 17.0. The number of aliphatic hydroxyl groups excluding tert-OH is 1. The highest BCUT2D eigenvalue weighted by molar-refractivity contribution is 8.14. The van der Waals surface area contributed by atoms with Crippen LogP contribution in [0.3, 0.4) is 0 Å². The summed E-state index contributed by atoms with van der Waals surface area (Å²) >= 11 is 2.74. The molecule has 1 amide bonds. The van der Waals surface area contributed by atoms with Gasteiger partial charge < -0.3 is 10.4 Å². The van der Waals surface area contributed by atoms with Crippen molar-refractivity contribution in [3.8, 4) is 0 Å². The summed E-state index contributed by atoms with van der Waals surface area (Å²) in [5.74, 6) is 0.573. The van der Waals surface area contributed by atoms with Crippen molar-refractivity contribution < 1.29 is 14.7 Å². The van der Waals surface area contributed by atoms with Gasteiger partial charge in [0.15, 0.2) is 0 Å². The molecule has 27 heavy (non-hydrogen) atoms. The van der Waals surface area contributed by atoms with Gasteiger partial charge in [-0.3, -0.25) is 9.59 Å². The molecule has 144 valence electrons. The number of nitrogens with one attached hydrogen (secondary N) is 1. The molecule has 0 heterocycles. The number of hydrogen-bond donors (Lipinski definition) is 2. The predicted octanol–water partition coefficient (Wildman–Crippen LogP) is 3.26. The maximum absolute atomic E-state index is 12.8. The van der Waals surface area contributed by atoms with Gasteiger partial charge in [-0.1, -0.05) is 72.4 Å². The summed E-state index contributed by atoms with van der Waals surface area (Å²) in [7, 11) is 0. The summed E-state index contributed by atoms with van der Waals surface area (Å²) in [6, 6.07) is 18.6. The third kappa shape index (κ3) is 7.40. The molecule has 2 aromatic carbocycles. The zero-order valence-electron chi connectivity index (χ0n) is 15.3. The van der Waals surface area contributed by atoms with E-state index in [2.05, 4.69) is 5.32 Å². The first-order valence-electron chi connectivity index (χ1n) is 8.80. The molecule has 0 aromatic heterocycles. The van der Waals surface area contributed by atoms with E-state index in [0.717, 1.165) is 5.56 Å². The molecule has 2 atom stereocenters. The Hall–Kier alpha value is -1.76. The first kappa shape index (κ1) is 21.5. The second-order valence-electron chi connectivity index (χ2n) is 6.19. The lowest BCUT2D eigenvalue weighted by Crippen LogP contribution is -2.43. The SMILES string of the molecule is CSC[C@@H](CO)NC(=O)[C@@H](CSC(=O)c1ccccc1)Cc1ccccc1. The minimum atomic E-state index is -0.346. The summed E-state index contributed by atoms with van der Waals surface area (Å²) in [5.41, 5.74) is 1.69. The van der Waals surface area contributed by atoms with Crippen molar-refractivity contribution in [1.82, 2.24) is 5.32 Å². The molecule has 0 unspecified atom stereocenters.